The van der Waals surface area contributed by atoms with E-state index in [2.05, 4.69) is 26.9 Å². The quantitative estimate of drug-likeness (QED) is 0.767. The van der Waals surface area contributed by atoms with Gasteiger partial charge in [0.2, 0.25) is 17.7 Å². The van der Waals surface area contributed by atoms with Gasteiger partial charge in [-0.15, -0.1) is 10.2 Å². The first-order chi connectivity index (χ1) is 13.7. The van der Waals surface area contributed by atoms with Crippen LogP contribution in [0.25, 0.3) is 11.5 Å². The minimum absolute atomic E-state index is 0.0291. The van der Waals surface area contributed by atoms with Crippen molar-refractivity contribution in [1.82, 2.24) is 24.9 Å². The van der Waals surface area contributed by atoms with Crippen LogP contribution >= 0.6 is 0 Å². The second-order valence-corrected chi connectivity index (χ2v) is 7.29. The number of hydrogen-bond donors (Lipinski definition) is 0. The van der Waals surface area contributed by atoms with Crippen LogP contribution in [0.3, 0.4) is 0 Å². The van der Waals surface area contributed by atoms with Crippen LogP contribution in [0.15, 0.2) is 34.7 Å². The van der Waals surface area contributed by atoms with E-state index in [9.17, 15) is 4.79 Å². The Morgan fingerprint density at radius 2 is 1.75 bits per heavy atom. The molecule has 0 saturated carbocycles. The van der Waals surface area contributed by atoms with Gasteiger partial charge in [0, 0.05) is 44.8 Å². The molecule has 2 aliphatic rings. The maximum Gasteiger partial charge on any atom is 0.247 e. The predicted molar refractivity (Wildman–Crippen MR) is 104 cm³/mol. The Hall–Kier alpha value is -2.29. The van der Waals surface area contributed by atoms with Gasteiger partial charge in [0.25, 0.3) is 0 Å². The number of rotatable bonds is 5. The summed E-state index contributed by atoms with van der Waals surface area (Å²) >= 11 is 0. The summed E-state index contributed by atoms with van der Waals surface area (Å²) in [6, 6.07) is 9.82. The molecule has 2 fully saturated rings. The van der Waals surface area contributed by atoms with Crippen LogP contribution < -0.4 is 0 Å². The fraction of sp³-hybridized carbons (Fsp3) is 0.550. The molecule has 0 N–H and O–H groups in total. The monoisotopic (exact) mass is 385 g/mol. The number of piperazine rings is 1. The third-order valence-corrected chi connectivity index (χ3v) is 5.50. The first-order valence-electron chi connectivity index (χ1n) is 9.91. The van der Waals surface area contributed by atoms with Crippen molar-refractivity contribution in [2.24, 2.45) is 0 Å². The summed E-state index contributed by atoms with van der Waals surface area (Å²) in [7, 11) is 0. The van der Waals surface area contributed by atoms with Crippen LogP contribution in [0.4, 0.5) is 0 Å². The number of benzene rings is 1. The molecule has 1 aromatic heterocycles. The maximum absolute atomic E-state index is 12.6. The molecule has 4 rings (SSSR count). The molecule has 1 unspecified atom stereocenters. The van der Waals surface area contributed by atoms with E-state index in [1.807, 2.05) is 35.2 Å². The van der Waals surface area contributed by atoms with E-state index in [0.29, 0.717) is 31.5 Å². The highest BCUT2D eigenvalue weighted by Gasteiger charge is 2.28. The van der Waals surface area contributed by atoms with Gasteiger partial charge < -0.3 is 14.1 Å². The van der Waals surface area contributed by atoms with Crippen LogP contribution in [0.2, 0.25) is 0 Å². The number of amides is 1. The molecule has 1 aromatic carbocycles. The van der Waals surface area contributed by atoms with Crippen molar-refractivity contribution in [2.45, 2.75) is 13.0 Å². The van der Waals surface area contributed by atoms with Crippen LogP contribution in [0.5, 0.6) is 0 Å². The lowest BCUT2D eigenvalue weighted by Gasteiger charge is -2.38. The lowest BCUT2D eigenvalue weighted by molar-refractivity contribution is -0.135. The van der Waals surface area contributed by atoms with Crippen LogP contribution in [0, 0.1) is 0 Å². The van der Waals surface area contributed by atoms with Crippen molar-refractivity contribution >= 4 is 5.91 Å². The molecule has 2 saturated heterocycles. The lowest BCUT2D eigenvalue weighted by Crippen LogP contribution is -2.52. The van der Waals surface area contributed by atoms with Gasteiger partial charge in [0.15, 0.2) is 0 Å². The highest BCUT2D eigenvalue weighted by Crippen LogP contribution is 2.24. The molecule has 0 aliphatic carbocycles. The van der Waals surface area contributed by atoms with E-state index in [-0.39, 0.29) is 11.9 Å². The number of morpholine rings is 1. The molecule has 8 nitrogen and oxygen atoms in total. The zero-order valence-corrected chi connectivity index (χ0v) is 16.3. The molecule has 1 atom stereocenters. The maximum atomic E-state index is 12.6. The van der Waals surface area contributed by atoms with Gasteiger partial charge in [0.05, 0.1) is 25.8 Å². The second-order valence-electron chi connectivity index (χ2n) is 7.29. The van der Waals surface area contributed by atoms with Gasteiger partial charge in [-0.05, 0) is 19.1 Å². The molecule has 0 bridgehead atoms. The third-order valence-electron chi connectivity index (χ3n) is 5.50. The summed E-state index contributed by atoms with van der Waals surface area (Å²) in [5.74, 6) is 1.37. The van der Waals surface area contributed by atoms with Crippen molar-refractivity contribution in [3.63, 3.8) is 0 Å². The Labute approximate surface area is 165 Å². The zero-order valence-electron chi connectivity index (χ0n) is 16.3. The zero-order chi connectivity index (χ0) is 19.3. The summed E-state index contributed by atoms with van der Waals surface area (Å²) < 4.78 is 11.2. The number of carbonyl (C=O) groups is 1. The summed E-state index contributed by atoms with van der Waals surface area (Å²) in [6.45, 7) is 8.74. The standard InChI is InChI=1S/C20H27N5O3/c1-16(19-21-22-20(28-19)17-5-3-2-4-6-17)24-7-9-25(10-8-24)18(26)15-23-11-13-27-14-12-23/h2-6,16H,7-15H2,1H3. The van der Waals surface area contributed by atoms with Crippen LogP contribution in [-0.2, 0) is 9.53 Å². The van der Waals surface area contributed by atoms with E-state index in [1.165, 1.54) is 0 Å². The van der Waals surface area contributed by atoms with Gasteiger partial charge >= 0.3 is 0 Å². The van der Waals surface area contributed by atoms with Crippen molar-refractivity contribution in [2.75, 3.05) is 59.0 Å². The minimum Gasteiger partial charge on any atom is -0.419 e. The smallest absolute Gasteiger partial charge is 0.247 e. The Balaban J connectivity index is 1.30. The predicted octanol–water partition coefficient (Wildman–Crippen LogP) is 1.27. The summed E-state index contributed by atoms with van der Waals surface area (Å²) in [5, 5.41) is 8.43. The third kappa shape index (κ3) is 4.40. The van der Waals surface area contributed by atoms with Crippen LogP contribution in [-0.4, -0.2) is 89.8 Å². The topological polar surface area (TPSA) is 74.9 Å². The molecule has 2 aromatic rings. The highest BCUT2D eigenvalue weighted by atomic mass is 16.5. The Morgan fingerprint density at radius 3 is 2.46 bits per heavy atom. The van der Waals surface area contributed by atoms with Crippen molar-refractivity contribution < 1.29 is 13.9 Å². The minimum atomic E-state index is 0.0291. The average Bonchev–Trinajstić information content (AvgIpc) is 3.25. The second kappa shape index (κ2) is 8.81. The molecular formula is C20H27N5O3. The van der Waals surface area contributed by atoms with Crippen molar-refractivity contribution in [3.8, 4) is 11.5 Å². The lowest BCUT2D eigenvalue weighted by atomic mass is 10.2. The van der Waals surface area contributed by atoms with Gasteiger partial charge in [0.1, 0.15) is 0 Å². The molecule has 0 spiro atoms. The van der Waals surface area contributed by atoms with Gasteiger partial charge in [-0.3, -0.25) is 14.6 Å². The van der Waals surface area contributed by atoms with E-state index in [4.69, 9.17) is 9.15 Å². The Kier molecular flexibility index (Phi) is 5.99. The molecular weight excluding hydrogens is 358 g/mol. The Bertz CT molecular complexity index is 767. The number of nitrogens with zero attached hydrogens (tertiary/aromatic N) is 5. The van der Waals surface area contributed by atoms with E-state index < -0.39 is 0 Å². The fourth-order valence-electron chi connectivity index (χ4n) is 3.67. The molecule has 28 heavy (non-hydrogen) atoms. The van der Waals surface area contributed by atoms with Crippen molar-refractivity contribution in [1.29, 1.82) is 0 Å². The number of aromatic nitrogens is 2. The van der Waals surface area contributed by atoms with E-state index in [1.54, 1.807) is 0 Å². The molecule has 3 heterocycles. The van der Waals surface area contributed by atoms with Crippen LogP contribution in [0.1, 0.15) is 18.9 Å². The first kappa shape index (κ1) is 19.0. The average molecular weight is 385 g/mol. The largest absolute Gasteiger partial charge is 0.419 e. The summed E-state index contributed by atoms with van der Waals surface area (Å²) in [4.78, 5) is 19.0. The molecule has 1 amide bonds. The number of hydrogen-bond acceptors (Lipinski definition) is 7. The number of carbonyl (C=O) groups excluding carboxylic acids is 1. The summed E-state index contributed by atoms with van der Waals surface area (Å²) in [5.41, 5.74) is 0.923. The first-order valence-corrected chi connectivity index (χ1v) is 9.91. The van der Waals surface area contributed by atoms with E-state index >= 15 is 0 Å². The normalized spacial score (nSPS) is 20.2. The molecule has 2 aliphatic heterocycles. The molecule has 0 radical (unpaired) electrons. The van der Waals surface area contributed by atoms with Gasteiger partial charge in [-0.25, -0.2) is 0 Å². The van der Waals surface area contributed by atoms with E-state index in [0.717, 1.165) is 44.8 Å². The highest BCUT2D eigenvalue weighted by molar-refractivity contribution is 5.78. The molecule has 150 valence electrons. The fourth-order valence-corrected chi connectivity index (χ4v) is 3.67. The summed E-state index contributed by atoms with van der Waals surface area (Å²) in [6.07, 6.45) is 0. The SMILES string of the molecule is CC(c1nnc(-c2ccccc2)o1)N1CCN(C(=O)CN2CCOCC2)CC1. The van der Waals surface area contributed by atoms with Gasteiger partial charge in [-0.2, -0.15) is 0 Å². The van der Waals surface area contributed by atoms with Crippen molar-refractivity contribution in [3.05, 3.63) is 36.2 Å². The number of ether oxygens (including phenoxy) is 1. The Morgan fingerprint density at radius 1 is 1.04 bits per heavy atom. The molecule has 8 heteroatoms. The van der Waals surface area contributed by atoms with Gasteiger partial charge in [-0.1, -0.05) is 18.2 Å².